The van der Waals surface area contributed by atoms with Crippen molar-refractivity contribution in [1.29, 1.82) is 0 Å². The smallest absolute Gasteiger partial charge is 0.330 e. The van der Waals surface area contributed by atoms with E-state index in [1.165, 1.54) is 6.07 Å². The number of halogens is 2. The fourth-order valence-corrected chi connectivity index (χ4v) is 1.98. The summed E-state index contributed by atoms with van der Waals surface area (Å²) < 4.78 is 0. The fraction of sp³-hybridized carbons (Fsp3) is 0.0769. The predicted molar refractivity (Wildman–Crippen MR) is 76.3 cm³/mol. The van der Waals surface area contributed by atoms with Crippen LogP contribution in [-0.4, -0.2) is 27.2 Å². The van der Waals surface area contributed by atoms with Crippen LogP contribution in [-0.2, 0) is 4.79 Å². The molecule has 0 spiro atoms. The normalized spacial score (nSPS) is 11.7. The zero-order chi connectivity index (χ0) is 15.4. The molecule has 2 rings (SSSR count). The van der Waals surface area contributed by atoms with Gasteiger partial charge in [-0.3, -0.25) is 4.79 Å². The van der Waals surface area contributed by atoms with Crippen LogP contribution in [0.15, 0.2) is 36.4 Å². The molecule has 1 amide bonds. The molecule has 0 aliphatic heterocycles. The second-order valence-electron chi connectivity index (χ2n) is 4.03. The van der Waals surface area contributed by atoms with E-state index in [0.717, 1.165) is 0 Å². The van der Waals surface area contributed by atoms with Crippen LogP contribution in [0, 0.1) is 0 Å². The highest BCUT2D eigenvalue weighted by molar-refractivity contribution is 6.34. The molecule has 0 saturated heterocycles. The van der Waals surface area contributed by atoms with Crippen molar-refractivity contribution in [2.24, 2.45) is 0 Å². The summed E-state index contributed by atoms with van der Waals surface area (Å²) in [6.45, 7) is 0. The zero-order valence-corrected chi connectivity index (χ0v) is 12.0. The lowest BCUT2D eigenvalue weighted by molar-refractivity contribution is -0.139. The van der Waals surface area contributed by atoms with Gasteiger partial charge in [0.1, 0.15) is 0 Å². The van der Waals surface area contributed by atoms with Crippen molar-refractivity contribution in [3.63, 3.8) is 0 Å². The molecule has 21 heavy (non-hydrogen) atoms. The number of amides is 1. The Hall–Kier alpha value is -2.18. The van der Waals surface area contributed by atoms with Gasteiger partial charge in [0.15, 0.2) is 16.3 Å². The molecule has 6 nitrogen and oxygen atoms in total. The SMILES string of the molecule is O=C(N[C@H](C(=O)O)c1ccccc1)c1cc(Cl)nnc1Cl. The Balaban J connectivity index is 2.27. The lowest BCUT2D eigenvalue weighted by Gasteiger charge is -2.15. The van der Waals surface area contributed by atoms with E-state index in [4.69, 9.17) is 23.2 Å². The highest BCUT2D eigenvalue weighted by atomic mass is 35.5. The third-order valence-corrected chi connectivity index (χ3v) is 3.08. The van der Waals surface area contributed by atoms with E-state index in [1.807, 2.05) is 0 Å². The average molecular weight is 326 g/mol. The molecule has 8 heteroatoms. The maximum atomic E-state index is 12.1. The summed E-state index contributed by atoms with van der Waals surface area (Å²) in [5.41, 5.74) is 0.390. The van der Waals surface area contributed by atoms with Gasteiger partial charge in [-0.05, 0) is 11.6 Å². The number of carboxylic acids is 1. The van der Waals surface area contributed by atoms with Gasteiger partial charge in [0.05, 0.1) is 5.56 Å². The molecule has 1 heterocycles. The Morgan fingerprint density at radius 1 is 1.14 bits per heavy atom. The Kier molecular flexibility index (Phi) is 4.72. The maximum absolute atomic E-state index is 12.1. The van der Waals surface area contributed by atoms with Gasteiger partial charge in [0.25, 0.3) is 5.91 Å². The summed E-state index contributed by atoms with van der Waals surface area (Å²) in [4.78, 5) is 23.4. The number of benzene rings is 1. The molecular weight excluding hydrogens is 317 g/mol. The Bertz CT molecular complexity index is 680. The topological polar surface area (TPSA) is 92.2 Å². The molecule has 1 atom stereocenters. The van der Waals surface area contributed by atoms with E-state index in [9.17, 15) is 14.7 Å². The van der Waals surface area contributed by atoms with E-state index in [1.54, 1.807) is 30.3 Å². The lowest BCUT2D eigenvalue weighted by atomic mass is 10.1. The van der Waals surface area contributed by atoms with Gasteiger partial charge in [-0.15, -0.1) is 10.2 Å². The molecule has 0 bridgehead atoms. The summed E-state index contributed by atoms with van der Waals surface area (Å²) in [5.74, 6) is -1.90. The van der Waals surface area contributed by atoms with Crippen LogP contribution in [0.3, 0.4) is 0 Å². The van der Waals surface area contributed by atoms with Gasteiger partial charge in [-0.25, -0.2) is 4.79 Å². The summed E-state index contributed by atoms with van der Waals surface area (Å²) in [5, 5.41) is 18.4. The minimum atomic E-state index is -1.21. The number of hydrogen-bond donors (Lipinski definition) is 2. The third-order valence-electron chi connectivity index (χ3n) is 2.62. The first-order valence-electron chi connectivity index (χ1n) is 5.76. The summed E-state index contributed by atoms with van der Waals surface area (Å²) in [7, 11) is 0. The van der Waals surface area contributed by atoms with Crippen LogP contribution in [0.25, 0.3) is 0 Å². The fourth-order valence-electron chi connectivity index (χ4n) is 1.65. The van der Waals surface area contributed by atoms with Gasteiger partial charge < -0.3 is 10.4 Å². The Labute approximate surface area is 129 Å². The molecule has 0 unspecified atom stereocenters. The first kappa shape index (κ1) is 15.2. The molecule has 1 aromatic heterocycles. The number of aliphatic carboxylic acids is 1. The highest BCUT2D eigenvalue weighted by Gasteiger charge is 2.24. The molecule has 0 aliphatic rings. The van der Waals surface area contributed by atoms with Crippen LogP contribution >= 0.6 is 23.2 Å². The van der Waals surface area contributed by atoms with E-state index in [-0.39, 0.29) is 15.9 Å². The van der Waals surface area contributed by atoms with E-state index >= 15 is 0 Å². The monoisotopic (exact) mass is 325 g/mol. The van der Waals surface area contributed by atoms with E-state index in [0.29, 0.717) is 5.56 Å². The molecule has 0 fully saturated rings. The zero-order valence-electron chi connectivity index (χ0n) is 10.5. The summed E-state index contributed by atoms with van der Waals surface area (Å²) in [6.07, 6.45) is 0. The number of aromatic nitrogens is 2. The van der Waals surface area contributed by atoms with Gasteiger partial charge in [0, 0.05) is 0 Å². The number of nitrogens with one attached hydrogen (secondary N) is 1. The number of hydrogen-bond acceptors (Lipinski definition) is 4. The number of nitrogens with zero attached hydrogens (tertiary/aromatic N) is 2. The molecule has 0 aliphatic carbocycles. The Morgan fingerprint density at radius 3 is 2.43 bits per heavy atom. The highest BCUT2D eigenvalue weighted by Crippen LogP contribution is 2.18. The van der Waals surface area contributed by atoms with Crippen molar-refractivity contribution < 1.29 is 14.7 Å². The van der Waals surface area contributed by atoms with Crippen molar-refractivity contribution in [1.82, 2.24) is 15.5 Å². The predicted octanol–water partition coefficient (Wildman–Crippen LogP) is 2.34. The minimum Gasteiger partial charge on any atom is -0.479 e. The molecule has 2 N–H and O–H groups in total. The second-order valence-corrected chi connectivity index (χ2v) is 4.77. The molecule has 0 radical (unpaired) electrons. The van der Waals surface area contributed by atoms with Gasteiger partial charge >= 0.3 is 5.97 Å². The number of carboxylic acid groups (broad SMARTS) is 1. The van der Waals surface area contributed by atoms with Crippen molar-refractivity contribution in [3.8, 4) is 0 Å². The number of carbonyl (C=O) groups is 2. The Morgan fingerprint density at radius 2 is 1.81 bits per heavy atom. The maximum Gasteiger partial charge on any atom is 0.330 e. The third kappa shape index (κ3) is 3.68. The lowest BCUT2D eigenvalue weighted by Crippen LogP contribution is -2.34. The molecule has 108 valence electrons. The molecular formula is C13H9Cl2N3O3. The largest absolute Gasteiger partial charge is 0.479 e. The molecule has 0 saturated carbocycles. The van der Waals surface area contributed by atoms with Crippen molar-refractivity contribution in [3.05, 3.63) is 57.8 Å². The standard InChI is InChI=1S/C13H9Cl2N3O3/c14-9-6-8(11(15)18-17-9)12(19)16-10(13(20)21)7-4-2-1-3-5-7/h1-6,10H,(H,16,19)(H,20,21)/t10-/m0/s1. The van der Waals surface area contributed by atoms with Gasteiger partial charge in [-0.2, -0.15) is 0 Å². The average Bonchev–Trinajstić information content (AvgIpc) is 2.47. The second kappa shape index (κ2) is 6.51. The van der Waals surface area contributed by atoms with E-state index in [2.05, 4.69) is 15.5 Å². The van der Waals surface area contributed by atoms with Gasteiger partial charge in [-0.1, -0.05) is 53.5 Å². The number of rotatable bonds is 4. The first-order valence-corrected chi connectivity index (χ1v) is 6.52. The summed E-state index contributed by atoms with van der Waals surface area (Å²) >= 11 is 11.4. The van der Waals surface area contributed by atoms with Crippen LogP contribution < -0.4 is 5.32 Å². The number of carbonyl (C=O) groups excluding carboxylic acids is 1. The van der Waals surface area contributed by atoms with Crippen LogP contribution in [0.4, 0.5) is 0 Å². The van der Waals surface area contributed by atoms with Crippen LogP contribution in [0.5, 0.6) is 0 Å². The molecule has 1 aromatic carbocycles. The van der Waals surface area contributed by atoms with E-state index < -0.39 is 17.9 Å². The van der Waals surface area contributed by atoms with Gasteiger partial charge in [0.2, 0.25) is 0 Å². The van der Waals surface area contributed by atoms with Crippen LogP contribution in [0.1, 0.15) is 22.0 Å². The van der Waals surface area contributed by atoms with Crippen molar-refractivity contribution >= 4 is 35.1 Å². The van der Waals surface area contributed by atoms with Crippen molar-refractivity contribution in [2.75, 3.05) is 0 Å². The van der Waals surface area contributed by atoms with Crippen molar-refractivity contribution in [2.45, 2.75) is 6.04 Å². The van der Waals surface area contributed by atoms with Crippen LogP contribution in [0.2, 0.25) is 10.3 Å². The summed E-state index contributed by atoms with van der Waals surface area (Å²) in [6, 6.07) is 8.30. The minimum absolute atomic E-state index is 0.0175. The quantitative estimate of drug-likeness (QED) is 0.900. The molecule has 2 aromatic rings. The first-order chi connectivity index (χ1) is 9.99.